The van der Waals surface area contributed by atoms with Crippen LogP contribution in [-0.2, 0) is 10.0 Å². The van der Waals surface area contributed by atoms with E-state index >= 15 is 0 Å². The first kappa shape index (κ1) is 16.3. The van der Waals surface area contributed by atoms with E-state index in [2.05, 4.69) is 16.5 Å². The summed E-state index contributed by atoms with van der Waals surface area (Å²) in [4.78, 5) is 3.86. The molecular weight excluding hydrogens is 330 g/mol. The van der Waals surface area contributed by atoms with E-state index in [0.29, 0.717) is 9.90 Å². The molecule has 0 radical (unpaired) electrons. The standard InChI is InChI=1S/C16H21N3O2S2/c1-2-18-9-11-19(12-10-18)15-7-4-3-6-14(15)17-23(20,21)16-8-5-13-22-16/h3-8,13,17H,2,9-12H2,1H3/p+1. The van der Waals surface area contributed by atoms with Crippen LogP contribution < -0.4 is 14.5 Å². The highest BCUT2D eigenvalue weighted by Crippen LogP contribution is 2.28. The fraction of sp³-hybridized carbons (Fsp3) is 0.375. The summed E-state index contributed by atoms with van der Waals surface area (Å²) in [6.07, 6.45) is 0. The molecule has 1 aromatic carbocycles. The second kappa shape index (κ2) is 6.90. The largest absolute Gasteiger partial charge is 0.359 e. The molecule has 0 bridgehead atoms. The van der Waals surface area contributed by atoms with Crippen LogP contribution in [0, 0.1) is 0 Å². The number of hydrogen-bond donors (Lipinski definition) is 2. The summed E-state index contributed by atoms with van der Waals surface area (Å²) in [6, 6.07) is 11.0. The van der Waals surface area contributed by atoms with Gasteiger partial charge in [-0.2, -0.15) is 0 Å². The first-order valence-electron chi connectivity index (χ1n) is 7.84. The van der Waals surface area contributed by atoms with Crippen molar-refractivity contribution in [3.63, 3.8) is 0 Å². The van der Waals surface area contributed by atoms with Gasteiger partial charge in [-0.25, -0.2) is 8.42 Å². The van der Waals surface area contributed by atoms with Gasteiger partial charge in [0, 0.05) is 0 Å². The Morgan fingerprint density at radius 1 is 1.17 bits per heavy atom. The van der Waals surface area contributed by atoms with E-state index in [-0.39, 0.29) is 0 Å². The van der Waals surface area contributed by atoms with E-state index in [1.54, 1.807) is 22.4 Å². The smallest absolute Gasteiger partial charge is 0.271 e. The lowest BCUT2D eigenvalue weighted by atomic mass is 10.2. The van der Waals surface area contributed by atoms with Crippen LogP contribution in [0.15, 0.2) is 46.0 Å². The van der Waals surface area contributed by atoms with Crippen molar-refractivity contribution in [1.82, 2.24) is 0 Å². The number of sulfonamides is 1. The van der Waals surface area contributed by atoms with Crippen molar-refractivity contribution in [2.24, 2.45) is 0 Å². The molecule has 7 heteroatoms. The molecule has 3 rings (SSSR count). The van der Waals surface area contributed by atoms with Crippen molar-refractivity contribution < 1.29 is 13.3 Å². The van der Waals surface area contributed by atoms with Crippen molar-refractivity contribution in [2.75, 3.05) is 42.3 Å². The van der Waals surface area contributed by atoms with Crippen LogP contribution in [-0.4, -0.2) is 41.1 Å². The van der Waals surface area contributed by atoms with Gasteiger partial charge in [-0.1, -0.05) is 18.2 Å². The van der Waals surface area contributed by atoms with Crippen LogP contribution in [0.5, 0.6) is 0 Å². The molecular formula is C16H22N3O2S2+. The molecule has 1 aromatic heterocycles. The van der Waals surface area contributed by atoms with Gasteiger partial charge in [0.1, 0.15) is 4.21 Å². The third kappa shape index (κ3) is 3.68. The van der Waals surface area contributed by atoms with Crippen LogP contribution in [0.25, 0.3) is 0 Å². The molecule has 1 saturated heterocycles. The molecule has 0 saturated carbocycles. The Labute approximate surface area is 141 Å². The molecule has 0 aliphatic carbocycles. The molecule has 0 spiro atoms. The number of quaternary nitrogens is 1. The fourth-order valence-corrected chi connectivity index (χ4v) is 4.93. The van der Waals surface area contributed by atoms with Crippen molar-refractivity contribution in [3.8, 4) is 0 Å². The van der Waals surface area contributed by atoms with Gasteiger partial charge in [0.05, 0.1) is 44.1 Å². The van der Waals surface area contributed by atoms with Gasteiger partial charge < -0.3 is 9.80 Å². The monoisotopic (exact) mass is 352 g/mol. The van der Waals surface area contributed by atoms with E-state index in [0.717, 1.165) is 38.4 Å². The highest BCUT2D eigenvalue weighted by Gasteiger charge is 2.23. The van der Waals surface area contributed by atoms with Crippen molar-refractivity contribution in [1.29, 1.82) is 0 Å². The molecule has 0 unspecified atom stereocenters. The lowest BCUT2D eigenvalue weighted by Gasteiger charge is -2.34. The molecule has 0 amide bonds. The molecule has 0 atom stereocenters. The van der Waals surface area contributed by atoms with E-state index in [4.69, 9.17) is 0 Å². The molecule has 1 aliphatic rings. The Kier molecular flexibility index (Phi) is 4.89. The zero-order valence-electron chi connectivity index (χ0n) is 13.2. The Balaban J connectivity index is 1.82. The first-order valence-corrected chi connectivity index (χ1v) is 10.2. The quantitative estimate of drug-likeness (QED) is 0.852. The number of benzene rings is 1. The summed E-state index contributed by atoms with van der Waals surface area (Å²) in [5.41, 5.74) is 1.61. The number of para-hydroxylation sites is 2. The van der Waals surface area contributed by atoms with Crippen LogP contribution in [0.3, 0.4) is 0 Å². The Morgan fingerprint density at radius 2 is 1.91 bits per heavy atom. The van der Waals surface area contributed by atoms with Crippen molar-refractivity contribution in [3.05, 3.63) is 41.8 Å². The SMILES string of the molecule is CC[NH+]1CCN(c2ccccc2NS(=O)(=O)c2cccs2)CC1. The maximum Gasteiger partial charge on any atom is 0.271 e. The molecule has 124 valence electrons. The number of nitrogens with one attached hydrogen (secondary N) is 2. The topological polar surface area (TPSA) is 53.9 Å². The van der Waals surface area contributed by atoms with Crippen LogP contribution >= 0.6 is 11.3 Å². The van der Waals surface area contributed by atoms with Gasteiger partial charge in [-0.3, -0.25) is 4.72 Å². The predicted octanol–water partition coefficient (Wildman–Crippen LogP) is 1.27. The minimum absolute atomic E-state index is 0.340. The second-order valence-electron chi connectivity index (χ2n) is 5.65. The van der Waals surface area contributed by atoms with Crippen LogP contribution in [0.2, 0.25) is 0 Å². The molecule has 2 heterocycles. The third-order valence-electron chi connectivity index (χ3n) is 4.22. The lowest BCUT2D eigenvalue weighted by Crippen LogP contribution is -3.14. The van der Waals surface area contributed by atoms with Gasteiger partial charge >= 0.3 is 0 Å². The van der Waals surface area contributed by atoms with Gasteiger partial charge in [0.15, 0.2) is 0 Å². The average molecular weight is 353 g/mol. The van der Waals surface area contributed by atoms with Crippen molar-refractivity contribution >= 4 is 32.7 Å². The Hall–Kier alpha value is -1.57. The van der Waals surface area contributed by atoms with Crippen LogP contribution in [0.4, 0.5) is 11.4 Å². The molecule has 2 aromatic rings. The lowest BCUT2D eigenvalue weighted by molar-refractivity contribution is -0.898. The number of nitrogens with zero attached hydrogens (tertiary/aromatic N) is 1. The van der Waals surface area contributed by atoms with E-state index in [1.165, 1.54) is 11.3 Å². The zero-order chi connectivity index (χ0) is 16.3. The number of rotatable bonds is 5. The summed E-state index contributed by atoms with van der Waals surface area (Å²) in [6.45, 7) is 7.40. The number of thiophene rings is 1. The predicted molar refractivity (Wildman–Crippen MR) is 95.0 cm³/mol. The molecule has 23 heavy (non-hydrogen) atoms. The summed E-state index contributed by atoms with van der Waals surface area (Å²) in [5.74, 6) is 0. The maximum absolute atomic E-state index is 12.5. The van der Waals surface area contributed by atoms with Gasteiger partial charge in [0.25, 0.3) is 10.0 Å². The van der Waals surface area contributed by atoms with E-state index in [9.17, 15) is 8.42 Å². The number of anilines is 2. The molecule has 1 fully saturated rings. The zero-order valence-corrected chi connectivity index (χ0v) is 14.8. The van der Waals surface area contributed by atoms with E-state index < -0.39 is 10.0 Å². The minimum Gasteiger partial charge on any atom is -0.359 e. The molecule has 1 aliphatic heterocycles. The van der Waals surface area contributed by atoms with Crippen LogP contribution in [0.1, 0.15) is 6.92 Å². The second-order valence-corrected chi connectivity index (χ2v) is 8.50. The molecule has 2 N–H and O–H groups in total. The van der Waals surface area contributed by atoms with Gasteiger partial charge in [-0.05, 0) is 30.5 Å². The maximum atomic E-state index is 12.5. The number of hydrogen-bond acceptors (Lipinski definition) is 4. The Bertz CT molecular complexity index is 736. The Morgan fingerprint density at radius 3 is 2.57 bits per heavy atom. The first-order chi connectivity index (χ1) is 11.1. The van der Waals surface area contributed by atoms with Gasteiger partial charge in [0.2, 0.25) is 0 Å². The fourth-order valence-electron chi connectivity index (χ4n) is 2.86. The summed E-state index contributed by atoms with van der Waals surface area (Å²) < 4.78 is 28.0. The average Bonchev–Trinajstić information content (AvgIpc) is 3.11. The summed E-state index contributed by atoms with van der Waals surface area (Å²) >= 11 is 1.23. The van der Waals surface area contributed by atoms with E-state index in [1.807, 2.05) is 24.3 Å². The highest BCUT2D eigenvalue weighted by molar-refractivity contribution is 7.94. The number of piperazine rings is 1. The third-order valence-corrected chi connectivity index (χ3v) is 6.98. The minimum atomic E-state index is -3.51. The number of likely N-dealkylation sites (N-methyl/N-ethyl adjacent to an activating group) is 1. The highest BCUT2D eigenvalue weighted by atomic mass is 32.2. The normalized spacial score (nSPS) is 16.5. The van der Waals surface area contributed by atoms with Crippen molar-refractivity contribution in [2.45, 2.75) is 11.1 Å². The summed E-state index contributed by atoms with van der Waals surface area (Å²) in [7, 11) is -3.51. The molecule has 5 nitrogen and oxygen atoms in total. The van der Waals surface area contributed by atoms with Gasteiger partial charge in [-0.15, -0.1) is 11.3 Å². The summed E-state index contributed by atoms with van der Waals surface area (Å²) in [5, 5.41) is 1.77.